The van der Waals surface area contributed by atoms with Crippen LogP contribution < -0.4 is 4.90 Å². The molecule has 0 radical (unpaired) electrons. The van der Waals surface area contributed by atoms with E-state index in [1.807, 2.05) is 0 Å². The molecule has 5 nitrogen and oxygen atoms in total. The normalized spacial score (nSPS) is 14.4. The summed E-state index contributed by atoms with van der Waals surface area (Å²) in [4.78, 5) is 38.0. The van der Waals surface area contributed by atoms with Gasteiger partial charge in [-0.3, -0.25) is 14.4 Å². The van der Waals surface area contributed by atoms with E-state index < -0.39 is 23.0 Å². The number of imide groups is 1. The van der Waals surface area contributed by atoms with Gasteiger partial charge in [0.15, 0.2) is 0 Å². The average molecular weight is 376 g/mol. The first kappa shape index (κ1) is 17.5. The molecule has 7 heteroatoms. The summed E-state index contributed by atoms with van der Waals surface area (Å²) in [5, 5.41) is -0.311. The molecule has 128 valence electrons. The first-order chi connectivity index (χ1) is 12.0. The number of ether oxygens (including phenoxy) is 1. The molecule has 1 aliphatic rings. The second-order valence-corrected chi connectivity index (χ2v) is 6.69. The fraction of sp³-hybridized carbons (Fsp3) is 0.167. The molecule has 1 atom stereocenters. The Morgan fingerprint density at radius 3 is 2.20 bits per heavy atom. The molecule has 1 unspecified atom stereocenters. The van der Waals surface area contributed by atoms with Gasteiger partial charge in [0.25, 0.3) is 11.8 Å². The predicted molar refractivity (Wildman–Crippen MR) is 97.3 cm³/mol. The van der Waals surface area contributed by atoms with Gasteiger partial charge in [0.05, 0.1) is 28.9 Å². The summed E-state index contributed by atoms with van der Waals surface area (Å²) in [6, 6.07) is 11.5. The minimum absolute atomic E-state index is 0.218. The van der Waals surface area contributed by atoms with Gasteiger partial charge >= 0.3 is 5.97 Å². The lowest BCUT2D eigenvalue weighted by molar-refractivity contribution is -0.140. The van der Waals surface area contributed by atoms with E-state index in [0.717, 1.165) is 4.90 Å². The van der Waals surface area contributed by atoms with E-state index in [-0.39, 0.29) is 5.02 Å². The second-order valence-electron chi connectivity index (χ2n) is 5.34. The number of anilines is 1. The molecule has 1 heterocycles. The topological polar surface area (TPSA) is 63.7 Å². The summed E-state index contributed by atoms with van der Waals surface area (Å²) in [5.74, 6) is -1.22. The zero-order valence-electron chi connectivity index (χ0n) is 13.5. The molecule has 0 aromatic heterocycles. The lowest BCUT2D eigenvalue weighted by atomic mass is 10.1. The van der Waals surface area contributed by atoms with Gasteiger partial charge in [-0.05, 0) is 36.1 Å². The third kappa shape index (κ3) is 2.92. The highest BCUT2D eigenvalue weighted by atomic mass is 35.5. The maximum absolute atomic E-state index is 12.6. The van der Waals surface area contributed by atoms with Crippen molar-refractivity contribution >= 4 is 46.8 Å². The highest BCUT2D eigenvalue weighted by molar-refractivity contribution is 7.99. The highest BCUT2D eigenvalue weighted by Crippen LogP contribution is 2.37. The number of nitrogens with zero attached hydrogens (tertiary/aromatic N) is 1. The van der Waals surface area contributed by atoms with Crippen LogP contribution in [0.1, 0.15) is 31.5 Å². The Kier molecular flexibility index (Phi) is 4.83. The van der Waals surface area contributed by atoms with Gasteiger partial charge in [0, 0.05) is 0 Å². The van der Waals surface area contributed by atoms with Crippen molar-refractivity contribution in [2.24, 2.45) is 0 Å². The Labute approximate surface area is 153 Å². The molecule has 1 aliphatic heterocycles. The van der Waals surface area contributed by atoms with Gasteiger partial charge in [-0.15, -0.1) is 11.8 Å². The van der Waals surface area contributed by atoms with E-state index in [9.17, 15) is 14.4 Å². The maximum atomic E-state index is 12.6. The van der Waals surface area contributed by atoms with Crippen molar-refractivity contribution < 1.29 is 19.1 Å². The third-order valence-corrected chi connectivity index (χ3v) is 5.20. The van der Waals surface area contributed by atoms with Crippen LogP contribution in [0.2, 0.25) is 5.02 Å². The minimum Gasteiger partial charge on any atom is -0.468 e. The van der Waals surface area contributed by atoms with Crippen LogP contribution in [-0.2, 0) is 9.53 Å². The van der Waals surface area contributed by atoms with Crippen molar-refractivity contribution in [2.45, 2.75) is 5.25 Å². The summed E-state index contributed by atoms with van der Waals surface area (Å²) in [7, 11) is 1.32. The number of methoxy groups -OCH3 is 1. The number of benzene rings is 2. The van der Waals surface area contributed by atoms with Crippen molar-refractivity contribution in [1.29, 1.82) is 0 Å². The lowest BCUT2D eigenvalue weighted by Crippen LogP contribution is -2.29. The van der Waals surface area contributed by atoms with Crippen LogP contribution in [0.15, 0.2) is 42.5 Å². The zero-order chi connectivity index (χ0) is 18.1. The van der Waals surface area contributed by atoms with E-state index >= 15 is 0 Å². The first-order valence-corrected chi connectivity index (χ1v) is 9.04. The summed E-state index contributed by atoms with van der Waals surface area (Å²) in [5.41, 5.74) is 1.64. The number of amides is 2. The second kappa shape index (κ2) is 6.90. The molecule has 0 N–H and O–H groups in total. The van der Waals surface area contributed by atoms with Gasteiger partial charge < -0.3 is 4.74 Å². The van der Waals surface area contributed by atoms with E-state index in [4.69, 9.17) is 16.3 Å². The smallest absolute Gasteiger partial charge is 0.323 e. The number of thioether (sulfide) groups is 1. The molecule has 0 bridgehead atoms. The summed E-state index contributed by atoms with van der Waals surface area (Å²) >= 11 is 7.64. The molecule has 2 amide bonds. The van der Waals surface area contributed by atoms with Crippen LogP contribution in [0.3, 0.4) is 0 Å². The molecule has 25 heavy (non-hydrogen) atoms. The number of rotatable bonds is 4. The standard InChI is InChI=1S/C18H14ClNO4S/c1-24-18(23)15(25-2)10-7-8-14(13(19)9-10)20-16(21)11-5-3-4-6-12(11)17(20)22/h3-9,15H,1-2H3. The van der Waals surface area contributed by atoms with Gasteiger partial charge in [-0.1, -0.05) is 29.8 Å². The third-order valence-electron chi connectivity index (χ3n) is 3.96. The quantitative estimate of drug-likeness (QED) is 0.602. The van der Waals surface area contributed by atoms with Crippen LogP contribution >= 0.6 is 23.4 Å². The van der Waals surface area contributed by atoms with Crippen molar-refractivity contribution in [3.05, 3.63) is 64.2 Å². The molecule has 3 rings (SSSR count). The van der Waals surface area contributed by atoms with Gasteiger partial charge in [-0.25, -0.2) is 4.90 Å². The van der Waals surface area contributed by atoms with Crippen molar-refractivity contribution in [3.63, 3.8) is 0 Å². The lowest BCUT2D eigenvalue weighted by Gasteiger charge is -2.18. The van der Waals surface area contributed by atoms with E-state index in [0.29, 0.717) is 22.4 Å². The largest absolute Gasteiger partial charge is 0.468 e. The Hall–Kier alpha value is -2.31. The number of hydrogen-bond donors (Lipinski definition) is 0. The SMILES string of the molecule is COC(=O)C(SC)c1ccc(N2C(=O)c3ccccc3C2=O)c(Cl)c1. The number of fused-ring (bicyclic) bond motifs is 1. The summed E-state index contributed by atoms with van der Waals surface area (Å²) in [6.07, 6.45) is 1.79. The highest BCUT2D eigenvalue weighted by Gasteiger charge is 2.37. The molecule has 0 fully saturated rings. The van der Waals surface area contributed by atoms with Crippen molar-refractivity contribution in [1.82, 2.24) is 0 Å². The van der Waals surface area contributed by atoms with Gasteiger partial charge in [0.1, 0.15) is 5.25 Å². The fourth-order valence-electron chi connectivity index (χ4n) is 2.75. The van der Waals surface area contributed by atoms with E-state index in [2.05, 4.69) is 0 Å². The Bertz CT molecular complexity index is 848. The Morgan fingerprint density at radius 1 is 1.12 bits per heavy atom. The van der Waals surface area contributed by atoms with Crippen LogP contribution in [-0.4, -0.2) is 31.1 Å². The zero-order valence-corrected chi connectivity index (χ0v) is 15.1. The first-order valence-electron chi connectivity index (χ1n) is 7.37. The number of carbonyl (C=O) groups excluding carboxylic acids is 3. The van der Waals surface area contributed by atoms with Crippen molar-refractivity contribution in [2.75, 3.05) is 18.3 Å². The molecule has 0 aliphatic carbocycles. The van der Waals surface area contributed by atoms with E-state index in [1.165, 1.54) is 18.9 Å². The van der Waals surface area contributed by atoms with Gasteiger partial charge in [-0.2, -0.15) is 0 Å². The van der Waals surface area contributed by atoms with E-state index in [1.54, 1.807) is 48.7 Å². The maximum Gasteiger partial charge on any atom is 0.323 e. The van der Waals surface area contributed by atoms with Gasteiger partial charge in [0.2, 0.25) is 0 Å². The molecule has 2 aromatic carbocycles. The van der Waals surface area contributed by atoms with Crippen molar-refractivity contribution in [3.8, 4) is 0 Å². The molecule has 0 saturated heterocycles. The molecule has 0 spiro atoms. The molecular weight excluding hydrogens is 362 g/mol. The number of esters is 1. The van der Waals surface area contributed by atoms with Crippen LogP contribution in [0, 0.1) is 0 Å². The Balaban J connectivity index is 1.99. The predicted octanol–water partition coefficient (Wildman–Crippen LogP) is 3.72. The van der Waals surface area contributed by atoms with Crippen LogP contribution in [0.25, 0.3) is 0 Å². The monoisotopic (exact) mass is 375 g/mol. The number of hydrogen-bond acceptors (Lipinski definition) is 5. The Morgan fingerprint density at radius 2 is 1.72 bits per heavy atom. The van der Waals surface area contributed by atoms with Crippen LogP contribution in [0.5, 0.6) is 0 Å². The minimum atomic E-state index is -0.529. The molecular formula is C18H14ClNO4S. The fourth-order valence-corrected chi connectivity index (χ4v) is 3.73. The number of halogens is 1. The average Bonchev–Trinajstić information content (AvgIpc) is 2.87. The molecule has 2 aromatic rings. The summed E-state index contributed by atoms with van der Waals surface area (Å²) < 4.78 is 4.78. The number of carbonyl (C=O) groups is 3. The van der Waals surface area contributed by atoms with Crippen LogP contribution in [0.4, 0.5) is 5.69 Å². The molecule has 0 saturated carbocycles. The summed E-state index contributed by atoms with van der Waals surface area (Å²) in [6.45, 7) is 0.